The maximum Gasteiger partial charge on any atom is 0.219 e. The summed E-state index contributed by atoms with van der Waals surface area (Å²) in [5.41, 5.74) is 4.22. The van der Waals surface area contributed by atoms with Crippen molar-refractivity contribution < 1.29 is 9.53 Å². The fourth-order valence-corrected chi connectivity index (χ4v) is 3.68. The zero-order valence-corrected chi connectivity index (χ0v) is 18.8. The zero-order chi connectivity index (χ0) is 21.5. The van der Waals surface area contributed by atoms with Crippen LogP contribution in [0.25, 0.3) is 11.0 Å². The Balaban J connectivity index is 1.61. The fraction of sp³-hybridized carbons (Fsp3) is 0.417. The highest BCUT2D eigenvalue weighted by Gasteiger charge is 2.11. The van der Waals surface area contributed by atoms with E-state index in [1.807, 2.05) is 51.1 Å². The molecule has 0 spiro atoms. The van der Waals surface area contributed by atoms with E-state index < -0.39 is 0 Å². The van der Waals surface area contributed by atoms with Crippen LogP contribution in [0.2, 0.25) is 5.02 Å². The number of carbonyl (C=O) groups excluding carboxylic acids is 1. The molecular formula is C24H30ClN3O2. The van der Waals surface area contributed by atoms with Crippen molar-refractivity contribution in [2.24, 2.45) is 0 Å². The molecule has 3 rings (SSSR count). The molecule has 3 aromatic rings. The molecule has 0 unspecified atom stereocenters. The Bertz CT molecular complexity index is 990. The minimum absolute atomic E-state index is 0.0910. The number of aryl methyl sites for hydroxylation is 4. The summed E-state index contributed by atoms with van der Waals surface area (Å²) in [5, 5.41) is 3.73. The summed E-state index contributed by atoms with van der Waals surface area (Å²) in [4.78, 5) is 16.2. The van der Waals surface area contributed by atoms with Crippen molar-refractivity contribution in [1.29, 1.82) is 0 Å². The van der Waals surface area contributed by atoms with Gasteiger partial charge in [-0.3, -0.25) is 4.79 Å². The maximum atomic E-state index is 11.4. The minimum atomic E-state index is 0.0910. The van der Waals surface area contributed by atoms with Crippen LogP contribution in [0.3, 0.4) is 0 Å². The molecule has 0 atom stereocenters. The zero-order valence-electron chi connectivity index (χ0n) is 18.0. The van der Waals surface area contributed by atoms with E-state index >= 15 is 0 Å². The molecule has 0 aliphatic carbocycles. The van der Waals surface area contributed by atoms with Crippen LogP contribution in [0.5, 0.6) is 5.75 Å². The largest absolute Gasteiger partial charge is 0.494 e. The Labute approximate surface area is 183 Å². The summed E-state index contributed by atoms with van der Waals surface area (Å²) >= 11 is 6.24. The number of hydrogen-bond acceptors (Lipinski definition) is 3. The summed E-state index contributed by atoms with van der Waals surface area (Å²) in [7, 11) is 0. The molecule has 1 N–H and O–H groups in total. The number of amides is 1. The molecule has 6 heteroatoms. The number of fused-ring (bicyclic) bond motifs is 1. The van der Waals surface area contributed by atoms with E-state index in [-0.39, 0.29) is 5.91 Å². The predicted molar refractivity (Wildman–Crippen MR) is 122 cm³/mol. The highest BCUT2D eigenvalue weighted by atomic mass is 35.5. The highest BCUT2D eigenvalue weighted by molar-refractivity contribution is 6.32. The molecule has 160 valence electrons. The first-order valence-electron chi connectivity index (χ1n) is 10.6. The minimum Gasteiger partial charge on any atom is -0.494 e. The van der Waals surface area contributed by atoms with Crippen LogP contribution in [-0.2, 0) is 17.8 Å². The SMILES string of the molecule is CCC(=O)NCCCc1nc2ccccc2n1CCCOc1cc(C)c(Cl)c(C)c1. The summed E-state index contributed by atoms with van der Waals surface area (Å²) in [6, 6.07) is 12.2. The number of ether oxygens (including phenoxy) is 1. The fourth-order valence-electron chi connectivity index (χ4n) is 3.57. The van der Waals surface area contributed by atoms with Gasteiger partial charge in [0.1, 0.15) is 11.6 Å². The average molecular weight is 428 g/mol. The van der Waals surface area contributed by atoms with Crippen molar-refractivity contribution in [3.8, 4) is 5.75 Å². The van der Waals surface area contributed by atoms with Crippen molar-refractivity contribution in [2.45, 2.75) is 53.0 Å². The lowest BCUT2D eigenvalue weighted by Crippen LogP contribution is -2.23. The standard InChI is InChI=1S/C24H30ClN3O2/c1-4-23(29)26-12-7-11-22-27-20-9-5-6-10-21(20)28(22)13-8-14-30-19-15-17(2)24(25)18(3)16-19/h5-6,9-10,15-16H,4,7-8,11-14H2,1-3H3,(H,26,29). The van der Waals surface area contributed by atoms with Crippen LogP contribution in [-0.4, -0.2) is 28.6 Å². The molecule has 2 aromatic carbocycles. The average Bonchev–Trinajstić information content (AvgIpc) is 3.09. The van der Waals surface area contributed by atoms with Crippen LogP contribution in [0.15, 0.2) is 36.4 Å². The number of nitrogens with zero attached hydrogens (tertiary/aromatic N) is 2. The second kappa shape index (κ2) is 10.5. The van der Waals surface area contributed by atoms with Gasteiger partial charge in [0, 0.05) is 31.0 Å². The van der Waals surface area contributed by atoms with Gasteiger partial charge >= 0.3 is 0 Å². The van der Waals surface area contributed by atoms with Gasteiger partial charge in [-0.25, -0.2) is 4.98 Å². The van der Waals surface area contributed by atoms with Crippen molar-refractivity contribution in [3.63, 3.8) is 0 Å². The first kappa shape index (κ1) is 22.2. The van der Waals surface area contributed by atoms with E-state index in [0.717, 1.165) is 64.6 Å². The van der Waals surface area contributed by atoms with E-state index in [0.29, 0.717) is 19.6 Å². The van der Waals surface area contributed by atoms with Crippen molar-refractivity contribution in [1.82, 2.24) is 14.9 Å². The lowest BCUT2D eigenvalue weighted by Gasteiger charge is -2.12. The molecule has 5 nitrogen and oxygen atoms in total. The lowest BCUT2D eigenvalue weighted by atomic mass is 10.1. The van der Waals surface area contributed by atoms with Crippen LogP contribution < -0.4 is 10.1 Å². The molecule has 0 aliphatic rings. The summed E-state index contributed by atoms with van der Waals surface area (Å²) < 4.78 is 8.25. The van der Waals surface area contributed by atoms with Gasteiger partial charge in [0.05, 0.1) is 17.6 Å². The number of para-hydroxylation sites is 2. The van der Waals surface area contributed by atoms with E-state index in [1.54, 1.807) is 0 Å². The number of halogens is 1. The summed E-state index contributed by atoms with van der Waals surface area (Å²) in [5.74, 6) is 2.00. The van der Waals surface area contributed by atoms with Crippen LogP contribution in [0.4, 0.5) is 0 Å². The molecule has 0 bridgehead atoms. The van der Waals surface area contributed by atoms with Crippen molar-refractivity contribution in [3.05, 3.63) is 58.4 Å². The quantitative estimate of drug-likeness (QED) is 0.450. The third-order valence-corrected chi connectivity index (χ3v) is 5.75. The molecule has 0 fully saturated rings. The van der Waals surface area contributed by atoms with Crippen LogP contribution in [0.1, 0.15) is 43.1 Å². The molecule has 0 saturated carbocycles. The molecule has 1 heterocycles. The predicted octanol–water partition coefficient (Wildman–Crippen LogP) is 5.23. The molecule has 0 saturated heterocycles. The third-order valence-electron chi connectivity index (χ3n) is 5.16. The smallest absolute Gasteiger partial charge is 0.219 e. The number of imidazole rings is 1. The second-order valence-corrected chi connectivity index (χ2v) is 7.93. The van der Waals surface area contributed by atoms with Gasteiger partial charge < -0.3 is 14.6 Å². The van der Waals surface area contributed by atoms with Gasteiger partial charge in [-0.05, 0) is 62.1 Å². The number of nitrogens with one attached hydrogen (secondary N) is 1. The highest BCUT2D eigenvalue weighted by Crippen LogP contribution is 2.26. The normalized spacial score (nSPS) is 11.1. The third kappa shape index (κ3) is 5.54. The Morgan fingerprint density at radius 3 is 2.63 bits per heavy atom. The van der Waals surface area contributed by atoms with E-state index in [2.05, 4.69) is 16.0 Å². The first-order valence-corrected chi connectivity index (χ1v) is 11.0. The first-order chi connectivity index (χ1) is 14.5. The van der Waals surface area contributed by atoms with Gasteiger partial charge in [-0.1, -0.05) is 30.7 Å². The van der Waals surface area contributed by atoms with E-state index in [4.69, 9.17) is 21.3 Å². The van der Waals surface area contributed by atoms with Crippen LogP contribution >= 0.6 is 11.6 Å². The number of carbonyl (C=O) groups is 1. The van der Waals surface area contributed by atoms with Gasteiger partial charge in [-0.2, -0.15) is 0 Å². The van der Waals surface area contributed by atoms with E-state index in [9.17, 15) is 4.79 Å². The Kier molecular flexibility index (Phi) is 7.75. The Hall–Kier alpha value is -2.53. The second-order valence-electron chi connectivity index (χ2n) is 7.55. The molecule has 0 radical (unpaired) electrons. The van der Waals surface area contributed by atoms with Gasteiger partial charge in [0.2, 0.25) is 5.91 Å². The maximum absolute atomic E-state index is 11.4. The Morgan fingerprint density at radius 2 is 1.90 bits per heavy atom. The topological polar surface area (TPSA) is 56.2 Å². The molecule has 0 aliphatic heterocycles. The summed E-state index contributed by atoms with van der Waals surface area (Å²) in [6.45, 7) is 7.99. The molecular weight excluding hydrogens is 398 g/mol. The number of hydrogen-bond donors (Lipinski definition) is 1. The van der Waals surface area contributed by atoms with Crippen LogP contribution in [0, 0.1) is 13.8 Å². The molecule has 30 heavy (non-hydrogen) atoms. The van der Waals surface area contributed by atoms with Gasteiger partial charge in [-0.15, -0.1) is 0 Å². The van der Waals surface area contributed by atoms with Crippen molar-refractivity contribution in [2.75, 3.05) is 13.2 Å². The monoisotopic (exact) mass is 427 g/mol. The number of benzene rings is 2. The molecule has 1 amide bonds. The number of aromatic nitrogens is 2. The number of rotatable bonds is 10. The lowest BCUT2D eigenvalue weighted by molar-refractivity contribution is -0.120. The summed E-state index contributed by atoms with van der Waals surface area (Å²) in [6.07, 6.45) is 3.09. The van der Waals surface area contributed by atoms with Crippen molar-refractivity contribution >= 4 is 28.5 Å². The van der Waals surface area contributed by atoms with E-state index in [1.165, 1.54) is 0 Å². The van der Waals surface area contributed by atoms with Gasteiger partial charge in [0.25, 0.3) is 0 Å². The molecule has 1 aromatic heterocycles. The van der Waals surface area contributed by atoms with Gasteiger partial charge in [0.15, 0.2) is 0 Å². The Morgan fingerprint density at radius 1 is 1.17 bits per heavy atom.